The molecule has 26 heavy (non-hydrogen) atoms. The molecule has 2 aromatic carbocycles. The Morgan fingerprint density at radius 3 is 2.42 bits per heavy atom. The van der Waals surface area contributed by atoms with Crippen molar-refractivity contribution in [3.05, 3.63) is 59.7 Å². The molecule has 2 N–H and O–H groups in total. The van der Waals surface area contributed by atoms with Crippen molar-refractivity contribution < 1.29 is 9.59 Å². The number of anilines is 2. The summed E-state index contributed by atoms with van der Waals surface area (Å²) in [6.45, 7) is 2.13. The third-order valence-corrected chi connectivity index (χ3v) is 4.09. The molecule has 2 amide bonds. The molecule has 5 nitrogen and oxygen atoms in total. The van der Waals surface area contributed by atoms with Gasteiger partial charge in [-0.15, -0.1) is 11.6 Å². The molecule has 0 bridgehead atoms. The lowest BCUT2D eigenvalue weighted by Crippen LogP contribution is -2.28. The van der Waals surface area contributed by atoms with Crippen molar-refractivity contribution in [1.29, 1.82) is 0 Å². The van der Waals surface area contributed by atoms with Crippen molar-refractivity contribution in [2.24, 2.45) is 0 Å². The van der Waals surface area contributed by atoms with Gasteiger partial charge in [-0.1, -0.05) is 30.3 Å². The van der Waals surface area contributed by atoms with E-state index in [1.165, 1.54) is 0 Å². The molecule has 0 aliphatic rings. The van der Waals surface area contributed by atoms with E-state index in [0.29, 0.717) is 17.8 Å². The number of hydrogen-bond acceptors (Lipinski definition) is 3. The minimum Gasteiger partial charge on any atom is -0.377 e. The number of benzene rings is 2. The van der Waals surface area contributed by atoms with Gasteiger partial charge in [-0.2, -0.15) is 0 Å². The Morgan fingerprint density at radius 1 is 1.12 bits per heavy atom. The fourth-order valence-corrected chi connectivity index (χ4v) is 2.54. The van der Waals surface area contributed by atoms with Crippen molar-refractivity contribution >= 4 is 34.8 Å². The number of halogens is 1. The second kappa shape index (κ2) is 9.25. The lowest BCUT2D eigenvalue weighted by molar-refractivity contribution is -0.115. The molecule has 0 aliphatic carbocycles. The van der Waals surface area contributed by atoms with Crippen molar-refractivity contribution in [3.8, 4) is 0 Å². The largest absolute Gasteiger partial charge is 0.377 e. The van der Waals surface area contributed by atoms with Crippen LogP contribution in [0.3, 0.4) is 0 Å². The zero-order valence-corrected chi connectivity index (χ0v) is 16.0. The Morgan fingerprint density at radius 2 is 1.81 bits per heavy atom. The zero-order chi connectivity index (χ0) is 19.1. The summed E-state index contributed by atoms with van der Waals surface area (Å²) >= 11 is 5.79. The molecular weight excluding hydrogens is 350 g/mol. The third kappa shape index (κ3) is 5.49. The maximum Gasteiger partial charge on any atom is 0.253 e. The first-order valence-electron chi connectivity index (χ1n) is 8.47. The van der Waals surface area contributed by atoms with E-state index in [4.69, 9.17) is 11.6 Å². The van der Waals surface area contributed by atoms with Gasteiger partial charge in [-0.3, -0.25) is 9.59 Å². The first kappa shape index (κ1) is 19.8. The van der Waals surface area contributed by atoms with Gasteiger partial charge in [0.15, 0.2) is 0 Å². The number of rotatable bonds is 7. The van der Waals surface area contributed by atoms with E-state index in [-0.39, 0.29) is 11.8 Å². The number of nitrogens with one attached hydrogen (secondary N) is 2. The van der Waals surface area contributed by atoms with E-state index in [0.717, 1.165) is 17.7 Å². The van der Waals surface area contributed by atoms with Crippen LogP contribution in [0.25, 0.3) is 0 Å². The van der Waals surface area contributed by atoms with Crippen molar-refractivity contribution in [2.75, 3.05) is 30.9 Å². The Bertz CT molecular complexity index is 761. The minimum atomic E-state index is -0.647. The monoisotopic (exact) mass is 373 g/mol. The highest BCUT2D eigenvalue weighted by Crippen LogP contribution is 2.23. The molecule has 0 spiro atoms. The summed E-state index contributed by atoms with van der Waals surface area (Å²) in [5, 5.41) is 5.01. The van der Waals surface area contributed by atoms with Crippen LogP contribution >= 0.6 is 11.6 Å². The topological polar surface area (TPSA) is 61.4 Å². The Hall–Kier alpha value is -2.53. The molecule has 0 aliphatic heterocycles. The number of alkyl halides is 1. The van der Waals surface area contributed by atoms with Gasteiger partial charge in [0.2, 0.25) is 5.91 Å². The summed E-state index contributed by atoms with van der Waals surface area (Å²) in [6, 6.07) is 15.2. The number of amides is 2. The van der Waals surface area contributed by atoms with Gasteiger partial charge in [-0.25, -0.2) is 0 Å². The van der Waals surface area contributed by atoms with Crippen LogP contribution in [-0.2, 0) is 11.2 Å². The van der Waals surface area contributed by atoms with Gasteiger partial charge < -0.3 is 15.5 Å². The van der Waals surface area contributed by atoms with Crippen molar-refractivity contribution in [1.82, 2.24) is 5.32 Å². The van der Waals surface area contributed by atoms with Crippen LogP contribution in [0.4, 0.5) is 11.4 Å². The van der Waals surface area contributed by atoms with Crippen LogP contribution in [0, 0.1) is 0 Å². The highest BCUT2D eigenvalue weighted by molar-refractivity contribution is 6.32. The van der Waals surface area contributed by atoms with E-state index in [9.17, 15) is 9.59 Å². The van der Waals surface area contributed by atoms with Gasteiger partial charge in [0.05, 0.1) is 5.56 Å². The fraction of sp³-hybridized carbons (Fsp3) is 0.300. The van der Waals surface area contributed by atoms with Crippen molar-refractivity contribution in [3.63, 3.8) is 0 Å². The molecule has 0 radical (unpaired) electrons. The fourth-order valence-electron chi connectivity index (χ4n) is 2.49. The number of hydrogen-bond donors (Lipinski definition) is 2. The number of nitrogens with zero attached hydrogens (tertiary/aromatic N) is 1. The molecule has 0 aromatic heterocycles. The van der Waals surface area contributed by atoms with Crippen LogP contribution in [0.2, 0.25) is 0 Å². The lowest BCUT2D eigenvalue weighted by Gasteiger charge is -2.19. The summed E-state index contributed by atoms with van der Waals surface area (Å²) in [5.41, 5.74) is 2.99. The highest BCUT2D eigenvalue weighted by atomic mass is 35.5. The van der Waals surface area contributed by atoms with Crippen LogP contribution in [-0.4, -0.2) is 37.8 Å². The second-order valence-corrected chi connectivity index (χ2v) is 6.88. The van der Waals surface area contributed by atoms with Crippen LogP contribution in [0.15, 0.2) is 48.5 Å². The SMILES string of the molecule is C[C@@H](Cl)C(=O)Nc1ccc(N(C)C)c(C(=O)NCCc2ccccc2)c1. The Kier molecular flexibility index (Phi) is 7.04. The first-order chi connectivity index (χ1) is 12.4. The van der Waals surface area contributed by atoms with E-state index in [1.54, 1.807) is 25.1 Å². The zero-order valence-electron chi connectivity index (χ0n) is 15.3. The van der Waals surface area contributed by atoms with E-state index in [2.05, 4.69) is 10.6 Å². The van der Waals surface area contributed by atoms with E-state index < -0.39 is 5.38 Å². The predicted molar refractivity (Wildman–Crippen MR) is 107 cm³/mol. The number of carbonyl (C=O) groups is 2. The third-order valence-electron chi connectivity index (χ3n) is 3.89. The molecule has 2 rings (SSSR count). The summed E-state index contributed by atoms with van der Waals surface area (Å²) in [4.78, 5) is 26.3. The molecule has 6 heteroatoms. The van der Waals surface area contributed by atoms with E-state index in [1.807, 2.05) is 49.3 Å². The first-order valence-corrected chi connectivity index (χ1v) is 8.90. The quantitative estimate of drug-likeness (QED) is 0.732. The summed E-state index contributed by atoms with van der Waals surface area (Å²) in [6.07, 6.45) is 0.754. The Balaban J connectivity index is 2.10. The molecule has 0 saturated heterocycles. The van der Waals surface area contributed by atoms with Crippen LogP contribution in [0.5, 0.6) is 0 Å². The lowest BCUT2D eigenvalue weighted by atomic mass is 10.1. The smallest absolute Gasteiger partial charge is 0.253 e. The maximum absolute atomic E-state index is 12.7. The van der Waals surface area contributed by atoms with Gasteiger partial charge in [0, 0.05) is 32.0 Å². The average molecular weight is 374 g/mol. The Labute approximate surface area is 159 Å². The molecule has 0 saturated carbocycles. The van der Waals surface area contributed by atoms with Gasteiger partial charge in [0.25, 0.3) is 5.91 Å². The molecule has 138 valence electrons. The molecule has 1 atom stereocenters. The molecule has 0 unspecified atom stereocenters. The van der Waals surface area contributed by atoms with Gasteiger partial charge in [0.1, 0.15) is 5.38 Å². The maximum atomic E-state index is 12.7. The highest BCUT2D eigenvalue weighted by Gasteiger charge is 2.16. The summed E-state index contributed by atoms with van der Waals surface area (Å²) < 4.78 is 0. The summed E-state index contributed by atoms with van der Waals surface area (Å²) in [7, 11) is 3.74. The molecule has 2 aromatic rings. The molecular formula is C20H24ClN3O2. The minimum absolute atomic E-state index is 0.181. The van der Waals surface area contributed by atoms with Crippen LogP contribution < -0.4 is 15.5 Å². The van der Waals surface area contributed by atoms with Crippen molar-refractivity contribution in [2.45, 2.75) is 18.7 Å². The average Bonchev–Trinajstić information content (AvgIpc) is 2.62. The van der Waals surface area contributed by atoms with Gasteiger partial charge >= 0.3 is 0 Å². The van der Waals surface area contributed by atoms with Gasteiger partial charge in [-0.05, 0) is 37.1 Å². The summed E-state index contributed by atoms with van der Waals surface area (Å²) in [5.74, 6) is -0.487. The standard InChI is InChI=1S/C20H24ClN3O2/c1-14(21)19(25)23-16-9-10-18(24(2)3)17(13-16)20(26)22-12-11-15-7-5-4-6-8-15/h4-10,13-14H,11-12H2,1-3H3,(H,22,26)(H,23,25)/t14-/m1/s1. The second-order valence-electron chi connectivity index (χ2n) is 6.22. The van der Waals surface area contributed by atoms with Crippen LogP contribution in [0.1, 0.15) is 22.8 Å². The number of carbonyl (C=O) groups excluding carboxylic acids is 2. The predicted octanol–water partition coefficient (Wildman–Crippen LogP) is 3.29. The normalized spacial score (nSPS) is 11.5. The molecule has 0 heterocycles. The molecule has 0 fully saturated rings. The van der Waals surface area contributed by atoms with E-state index >= 15 is 0 Å².